The maximum absolute atomic E-state index is 13.0. The zero-order valence-electron chi connectivity index (χ0n) is 19.2. The first-order chi connectivity index (χ1) is 16.0. The molecule has 3 heterocycles. The van der Waals surface area contributed by atoms with Crippen LogP contribution in [0.15, 0.2) is 52.9 Å². The molecule has 5 rings (SSSR count). The minimum absolute atomic E-state index is 0.0914. The number of para-hydroxylation sites is 2. The lowest BCUT2D eigenvalue weighted by atomic mass is 9.84. The molecular formula is C27H31N3O3. The maximum atomic E-state index is 13.0. The molecule has 2 saturated heterocycles. The molecule has 3 aromatic rings. The van der Waals surface area contributed by atoms with E-state index in [4.69, 9.17) is 4.42 Å². The number of nitrogens with one attached hydrogen (secondary N) is 1. The van der Waals surface area contributed by atoms with Crippen LogP contribution in [0.3, 0.4) is 0 Å². The van der Waals surface area contributed by atoms with Crippen LogP contribution in [0.5, 0.6) is 0 Å². The summed E-state index contributed by atoms with van der Waals surface area (Å²) >= 11 is 0. The van der Waals surface area contributed by atoms with Crippen LogP contribution in [0.25, 0.3) is 11.1 Å². The van der Waals surface area contributed by atoms with Crippen LogP contribution >= 0.6 is 0 Å². The van der Waals surface area contributed by atoms with Gasteiger partial charge in [0.2, 0.25) is 11.8 Å². The number of piperidine rings is 1. The minimum atomic E-state index is -0.321. The smallest absolute Gasteiger partial charge is 0.222 e. The van der Waals surface area contributed by atoms with E-state index in [2.05, 4.69) is 41.5 Å². The summed E-state index contributed by atoms with van der Waals surface area (Å²) in [5.41, 5.74) is 3.82. The lowest BCUT2D eigenvalue weighted by Gasteiger charge is -2.33. The zero-order valence-corrected chi connectivity index (χ0v) is 19.2. The monoisotopic (exact) mass is 445 g/mol. The van der Waals surface area contributed by atoms with Gasteiger partial charge in [-0.25, -0.2) is 4.98 Å². The lowest BCUT2D eigenvalue weighted by molar-refractivity contribution is -0.133. The first kappa shape index (κ1) is 21.7. The Hall–Kier alpha value is -3.15. The van der Waals surface area contributed by atoms with Crippen LogP contribution in [0.4, 0.5) is 0 Å². The Morgan fingerprint density at radius 1 is 1.15 bits per heavy atom. The number of oxazole rings is 1. The highest BCUT2D eigenvalue weighted by Crippen LogP contribution is 2.32. The number of carbonyl (C=O) groups is 2. The number of aromatic nitrogens is 1. The fraction of sp³-hybridized carbons (Fsp3) is 0.444. The number of nitrogens with zero attached hydrogens (tertiary/aromatic N) is 2. The SMILES string of the molecule is Cc1ccc(C[C@]2(CCC(=O)N3CCC(c4nc5ccccc5o4)CC3)CCC(=O)N2)cc1. The van der Waals surface area contributed by atoms with Gasteiger partial charge in [0.05, 0.1) is 0 Å². The fourth-order valence-electron chi connectivity index (χ4n) is 5.22. The second kappa shape index (κ2) is 9.00. The van der Waals surface area contributed by atoms with Crippen LogP contribution in [0.1, 0.15) is 61.5 Å². The van der Waals surface area contributed by atoms with Crippen LogP contribution in [-0.4, -0.2) is 40.3 Å². The van der Waals surface area contributed by atoms with Gasteiger partial charge in [0.25, 0.3) is 0 Å². The Bertz CT molecular complexity index is 1110. The largest absolute Gasteiger partial charge is 0.440 e. The summed E-state index contributed by atoms with van der Waals surface area (Å²) in [6.07, 6.45) is 4.96. The zero-order chi connectivity index (χ0) is 22.8. The standard InChI is InChI=1S/C27H31N3O3/c1-19-6-8-20(9-7-19)18-27(14-10-24(31)29-27)15-11-25(32)30-16-12-21(13-17-30)26-28-22-4-2-3-5-23(22)33-26/h2-9,21H,10-18H2,1H3,(H,29,31)/t27-/m1/s1. The highest BCUT2D eigenvalue weighted by Gasteiger charge is 2.38. The fourth-order valence-corrected chi connectivity index (χ4v) is 5.22. The van der Waals surface area contributed by atoms with Crippen LogP contribution in [-0.2, 0) is 16.0 Å². The second-order valence-corrected chi connectivity index (χ2v) is 9.67. The number of hydrogen-bond acceptors (Lipinski definition) is 4. The molecule has 6 nitrogen and oxygen atoms in total. The average Bonchev–Trinajstić information content (AvgIpc) is 3.43. The highest BCUT2D eigenvalue weighted by atomic mass is 16.3. The summed E-state index contributed by atoms with van der Waals surface area (Å²) in [4.78, 5) is 31.7. The summed E-state index contributed by atoms with van der Waals surface area (Å²) in [5.74, 6) is 1.31. The number of carbonyl (C=O) groups excluding carboxylic acids is 2. The third-order valence-corrected chi connectivity index (χ3v) is 7.22. The molecule has 6 heteroatoms. The van der Waals surface area contributed by atoms with Crippen molar-refractivity contribution in [3.05, 3.63) is 65.5 Å². The summed E-state index contributed by atoms with van der Waals surface area (Å²) in [5, 5.41) is 3.20. The van der Waals surface area contributed by atoms with E-state index in [1.54, 1.807) is 0 Å². The van der Waals surface area contributed by atoms with Crippen molar-refractivity contribution < 1.29 is 14.0 Å². The van der Waals surface area contributed by atoms with Crippen molar-refractivity contribution in [2.45, 2.75) is 63.3 Å². The molecule has 172 valence electrons. The number of rotatable bonds is 6. The first-order valence-electron chi connectivity index (χ1n) is 12.0. The van der Waals surface area contributed by atoms with Crippen molar-refractivity contribution in [3.63, 3.8) is 0 Å². The minimum Gasteiger partial charge on any atom is -0.440 e. The van der Waals surface area contributed by atoms with Crippen LogP contribution in [0.2, 0.25) is 0 Å². The summed E-state index contributed by atoms with van der Waals surface area (Å²) in [6, 6.07) is 16.3. The molecule has 0 spiro atoms. The van der Waals surface area contributed by atoms with E-state index in [1.807, 2.05) is 29.2 Å². The van der Waals surface area contributed by atoms with E-state index in [1.165, 1.54) is 11.1 Å². The molecular weight excluding hydrogens is 414 g/mol. The second-order valence-electron chi connectivity index (χ2n) is 9.67. The Labute approximate surface area is 194 Å². The first-order valence-corrected chi connectivity index (χ1v) is 12.0. The molecule has 0 saturated carbocycles. The molecule has 1 N–H and O–H groups in total. The topological polar surface area (TPSA) is 75.4 Å². The van der Waals surface area contributed by atoms with Gasteiger partial charge in [-0.1, -0.05) is 42.0 Å². The normalized spacial score (nSPS) is 21.5. The van der Waals surface area contributed by atoms with Gasteiger partial charge < -0.3 is 14.6 Å². The Kier molecular flexibility index (Phi) is 5.92. The molecule has 2 aliphatic heterocycles. The van der Waals surface area contributed by atoms with E-state index in [0.717, 1.165) is 55.8 Å². The summed E-state index contributed by atoms with van der Waals surface area (Å²) in [7, 11) is 0. The van der Waals surface area contributed by atoms with Crippen molar-refractivity contribution in [1.82, 2.24) is 15.2 Å². The highest BCUT2D eigenvalue weighted by molar-refractivity contribution is 5.80. The molecule has 0 aliphatic carbocycles. The molecule has 2 aromatic carbocycles. The lowest BCUT2D eigenvalue weighted by Crippen LogP contribution is -2.45. The molecule has 1 aromatic heterocycles. The van der Waals surface area contributed by atoms with Gasteiger partial charge in [0, 0.05) is 37.4 Å². The van der Waals surface area contributed by atoms with Gasteiger partial charge in [-0.15, -0.1) is 0 Å². The predicted molar refractivity (Wildman–Crippen MR) is 127 cm³/mol. The summed E-state index contributed by atoms with van der Waals surface area (Å²) in [6.45, 7) is 3.52. The van der Waals surface area contributed by atoms with Crippen LogP contribution < -0.4 is 5.32 Å². The van der Waals surface area contributed by atoms with Crippen molar-refractivity contribution in [2.24, 2.45) is 0 Å². The molecule has 2 fully saturated rings. The third kappa shape index (κ3) is 4.80. The van der Waals surface area contributed by atoms with Crippen molar-refractivity contribution in [1.29, 1.82) is 0 Å². The quantitative estimate of drug-likeness (QED) is 0.606. The van der Waals surface area contributed by atoms with Gasteiger partial charge in [-0.05, 0) is 56.7 Å². The van der Waals surface area contributed by atoms with Crippen LogP contribution in [0, 0.1) is 6.92 Å². The molecule has 0 radical (unpaired) electrons. The number of benzene rings is 2. The molecule has 0 unspecified atom stereocenters. The maximum Gasteiger partial charge on any atom is 0.222 e. The van der Waals surface area contributed by atoms with Gasteiger partial charge in [0.1, 0.15) is 5.52 Å². The van der Waals surface area contributed by atoms with E-state index in [9.17, 15) is 9.59 Å². The van der Waals surface area contributed by atoms with E-state index >= 15 is 0 Å². The van der Waals surface area contributed by atoms with Crippen molar-refractivity contribution in [3.8, 4) is 0 Å². The van der Waals surface area contributed by atoms with Gasteiger partial charge in [0.15, 0.2) is 11.5 Å². The van der Waals surface area contributed by atoms with Crippen molar-refractivity contribution in [2.75, 3.05) is 13.1 Å². The Morgan fingerprint density at radius 2 is 1.91 bits per heavy atom. The van der Waals surface area contributed by atoms with E-state index < -0.39 is 0 Å². The predicted octanol–water partition coefficient (Wildman–Crippen LogP) is 4.51. The number of fused-ring (bicyclic) bond motifs is 1. The molecule has 0 bridgehead atoms. The van der Waals surface area contributed by atoms with Gasteiger partial charge >= 0.3 is 0 Å². The molecule has 2 amide bonds. The average molecular weight is 446 g/mol. The van der Waals surface area contributed by atoms with Gasteiger partial charge in [-0.3, -0.25) is 9.59 Å². The third-order valence-electron chi connectivity index (χ3n) is 7.22. The van der Waals surface area contributed by atoms with E-state index in [0.29, 0.717) is 19.3 Å². The van der Waals surface area contributed by atoms with Gasteiger partial charge in [-0.2, -0.15) is 0 Å². The Morgan fingerprint density at radius 3 is 2.61 bits per heavy atom. The summed E-state index contributed by atoms with van der Waals surface area (Å²) < 4.78 is 5.95. The number of aryl methyl sites for hydroxylation is 1. The molecule has 33 heavy (non-hydrogen) atoms. The number of amides is 2. The number of likely N-dealkylation sites (tertiary alicyclic amines) is 1. The Balaban J connectivity index is 1.17. The van der Waals surface area contributed by atoms with E-state index in [-0.39, 0.29) is 23.3 Å². The van der Waals surface area contributed by atoms with Crippen molar-refractivity contribution >= 4 is 22.9 Å². The molecule has 2 aliphatic rings. The molecule has 1 atom stereocenters. The number of hydrogen-bond donors (Lipinski definition) is 1.